The highest BCUT2D eigenvalue weighted by Crippen LogP contribution is 2.23. The van der Waals surface area contributed by atoms with Gasteiger partial charge in [-0.2, -0.15) is 0 Å². The molecule has 10 heteroatoms. The number of benzene rings is 2. The quantitative estimate of drug-likeness (QED) is 0.280. The number of H-pyrrole nitrogens is 1. The van der Waals surface area contributed by atoms with Gasteiger partial charge in [0.05, 0.1) is 11.8 Å². The van der Waals surface area contributed by atoms with Crippen molar-refractivity contribution in [2.45, 2.75) is 0 Å². The largest absolute Gasteiger partial charge is 0.360 e. The Morgan fingerprint density at radius 3 is 2.28 bits per heavy atom. The first-order valence-corrected chi connectivity index (χ1v) is 11.8. The van der Waals surface area contributed by atoms with E-state index in [9.17, 15) is 22.4 Å². The lowest BCUT2D eigenvalue weighted by atomic mass is 10.1. The van der Waals surface area contributed by atoms with E-state index in [0.29, 0.717) is 30.0 Å². The Morgan fingerprint density at radius 2 is 1.62 bits per heavy atom. The molecule has 3 aromatic rings. The average molecular weight is 456 g/mol. The molecule has 0 aliphatic carbocycles. The van der Waals surface area contributed by atoms with Crippen LogP contribution in [-0.4, -0.2) is 73.2 Å². The summed E-state index contributed by atoms with van der Waals surface area (Å²) in [6.45, 7) is 0.991. The minimum absolute atomic E-state index is 0.00542. The molecule has 0 saturated carbocycles. The summed E-state index contributed by atoms with van der Waals surface area (Å²) in [5.74, 6) is -1.79. The van der Waals surface area contributed by atoms with E-state index >= 15 is 0 Å². The molecule has 0 atom stereocenters. The molecule has 2 heterocycles. The number of rotatable bonds is 4. The first kappa shape index (κ1) is 21.7. The average Bonchev–Trinajstić information content (AvgIpc) is 3.22. The zero-order valence-corrected chi connectivity index (χ0v) is 18.1. The van der Waals surface area contributed by atoms with Crippen LogP contribution in [0.1, 0.15) is 15.9 Å². The maximum absolute atomic E-state index is 14.2. The van der Waals surface area contributed by atoms with Gasteiger partial charge >= 0.3 is 0 Å². The molecule has 4 rings (SSSR count). The van der Waals surface area contributed by atoms with E-state index in [1.807, 2.05) is 6.07 Å². The van der Waals surface area contributed by atoms with Crippen molar-refractivity contribution >= 4 is 38.5 Å². The van der Waals surface area contributed by atoms with Gasteiger partial charge in [0.2, 0.25) is 0 Å². The van der Waals surface area contributed by atoms with E-state index in [1.54, 1.807) is 35.2 Å². The number of nitrogens with zero attached hydrogens (tertiary/aromatic N) is 3. The second-order valence-electron chi connectivity index (χ2n) is 7.49. The minimum Gasteiger partial charge on any atom is -0.360 e. The fraction of sp³-hybridized carbons (Fsp3) is 0.227. The number of aromatic nitrogens is 1. The number of Topliss-reactive ketones (excluding diaryl/α,β-unsaturated/α-hetero) is 1. The van der Waals surface area contributed by atoms with Crippen LogP contribution in [0.15, 0.2) is 59.1 Å². The van der Waals surface area contributed by atoms with Crippen LogP contribution in [0.3, 0.4) is 0 Å². The molecule has 0 unspecified atom stereocenters. The van der Waals surface area contributed by atoms with E-state index in [-0.39, 0.29) is 24.0 Å². The van der Waals surface area contributed by atoms with Gasteiger partial charge in [-0.1, -0.05) is 36.4 Å². The van der Waals surface area contributed by atoms with Gasteiger partial charge in [0, 0.05) is 48.8 Å². The molecule has 0 bridgehead atoms. The monoisotopic (exact) mass is 456 g/mol. The van der Waals surface area contributed by atoms with Crippen molar-refractivity contribution in [1.29, 1.82) is 0 Å². The van der Waals surface area contributed by atoms with Gasteiger partial charge < -0.3 is 14.8 Å². The van der Waals surface area contributed by atoms with Crippen LogP contribution < -0.4 is 0 Å². The Balaban J connectivity index is 1.52. The van der Waals surface area contributed by atoms with Crippen LogP contribution in [0.2, 0.25) is 0 Å². The number of piperazine rings is 1. The fourth-order valence-corrected chi connectivity index (χ4v) is 4.27. The number of fused-ring (bicyclic) bond motifs is 1. The van der Waals surface area contributed by atoms with Crippen molar-refractivity contribution < 1.29 is 22.4 Å². The third kappa shape index (κ3) is 4.40. The van der Waals surface area contributed by atoms with Crippen LogP contribution >= 0.6 is 0 Å². The van der Waals surface area contributed by atoms with Crippen molar-refractivity contribution in [2.75, 3.05) is 32.4 Å². The number of amidine groups is 1. The van der Waals surface area contributed by atoms with E-state index in [0.717, 1.165) is 6.26 Å². The molecule has 1 amide bonds. The predicted molar refractivity (Wildman–Crippen MR) is 119 cm³/mol. The minimum atomic E-state index is -3.65. The number of sulfonamides is 1. The van der Waals surface area contributed by atoms with E-state index < -0.39 is 27.5 Å². The molecule has 1 saturated heterocycles. The number of aromatic amines is 1. The molecule has 32 heavy (non-hydrogen) atoms. The lowest BCUT2D eigenvalue weighted by Gasteiger charge is -2.36. The molecule has 1 aliphatic heterocycles. The smallest absolute Gasteiger partial charge is 0.295 e. The van der Waals surface area contributed by atoms with Crippen molar-refractivity contribution in [3.8, 4) is 0 Å². The molecule has 8 nitrogen and oxygen atoms in total. The summed E-state index contributed by atoms with van der Waals surface area (Å²) in [5, 5.41) is 0.0936. The van der Waals surface area contributed by atoms with Gasteiger partial charge in [-0.25, -0.2) is 12.8 Å². The topological polar surface area (TPSA) is 103 Å². The number of halogens is 1. The van der Waals surface area contributed by atoms with Gasteiger partial charge in [-0.15, -0.1) is 4.40 Å². The summed E-state index contributed by atoms with van der Waals surface area (Å²) < 4.78 is 41.8. The zero-order valence-electron chi connectivity index (χ0n) is 17.3. The SMILES string of the molecule is CS(=O)(=O)/N=C(/c1ccccc1)N1CCN(C(=O)C(=O)c2c[nH]c3cccc(F)c23)CC1. The third-order valence-electron chi connectivity index (χ3n) is 5.24. The number of hydrogen-bond donors (Lipinski definition) is 1. The number of amides is 1. The van der Waals surface area contributed by atoms with Crippen molar-refractivity contribution in [2.24, 2.45) is 4.40 Å². The maximum atomic E-state index is 14.2. The second kappa shape index (κ2) is 8.54. The highest BCUT2D eigenvalue weighted by Gasteiger charge is 2.30. The number of nitrogens with one attached hydrogen (secondary N) is 1. The molecule has 0 radical (unpaired) electrons. The number of ketones is 1. The van der Waals surface area contributed by atoms with Crippen molar-refractivity contribution in [3.05, 3.63) is 71.7 Å². The van der Waals surface area contributed by atoms with Crippen LogP contribution in [0.4, 0.5) is 4.39 Å². The fourth-order valence-electron chi connectivity index (χ4n) is 3.74. The standard InChI is InChI=1S/C22H21FN4O4S/c1-32(30,31)25-21(15-6-3-2-4-7-15)26-10-12-27(13-11-26)22(29)20(28)16-14-24-18-9-5-8-17(23)19(16)18/h2-9,14,24H,10-13H2,1H3/b25-21-. The number of hydrogen-bond acceptors (Lipinski definition) is 4. The van der Waals surface area contributed by atoms with Crippen LogP contribution in [0.5, 0.6) is 0 Å². The summed E-state index contributed by atoms with van der Waals surface area (Å²) >= 11 is 0. The predicted octanol–water partition coefficient (Wildman–Crippen LogP) is 2.04. The lowest BCUT2D eigenvalue weighted by molar-refractivity contribution is -0.127. The van der Waals surface area contributed by atoms with Crippen molar-refractivity contribution in [3.63, 3.8) is 0 Å². The molecule has 2 aromatic carbocycles. The first-order chi connectivity index (χ1) is 15.2. The summed E-state index contributed by atoms with van der Waals surface area (Å²) in [7, 11) is -3.65. The van der Waals surface area contributed by atoms with Crippen LogP contribution in [-0.2, 0) is 14.8 Å². The molecule has 1 N–H and O–H groups in total. The Hall–Kier alpha value is -3.53. The molecule has 1 aromatic heterocycles. The zero-order chi connectivity index (χ0) is 22.9. The molecule has 166 valence electrons. The Bertz CT molecular complexity index is 1310. The Kier molecular flexibility index (Phi) is 5.79. The lowest BCUT2D eigenvalue weighted by Crippen LogP contribution is -2.52. The van der Waals surface area contributed by atoms with Gasteiger partial charge in [-0.05, 0) is 12.1 Å². The summed E-state index contributed by atoms with van der Waals surface area (Å²) in [6, 6.07) is 13.3. The molecule has 1 aliphatic rings. The summed E-state index contributed by atoms with van der Waals surface area (Å²) in [5.41, 5.74) is 1.08. The van der Waals surface area contributed by atoms with Crippen molar-refractivity contribution in [1.82, 2.24) is 14.8 Å². The number of carbonyl (C=O) groups excluding carboxylic acids is 2. The Labute approximate surface area is 184 Å². The van der Waals surface area contributed by atoms with Gasteiger partial charge in [0.15, 0.2) is 0 Å². The molecular formula is C22H21FN4O4S. The maximum Gasteiger partial charge on any atom is 0.295 e. The first-order valence-electron chi connectivity index (χ1n) is 9.94. The van der Waals surface area contributed by atoms with Gasteiger partial charge in [0.1, 0.15) is 11.7 Å². The third-order valence-corrected chi connectivity index (χ3v) is 5.75. The Morgan fingerprint density at radius 1 is 0.969 bits per heavy atom. The normalized spacial score (nSPS) is 15.2. The highest BCUT2D eigenvalue weighted by atomic mass is 32.2. The summed E-state index contributed by atoms with van der Waals surface area (Å²) in [6.07, 6.45) is 2.37. The molecular weight excluding hydrogens is 435 g/mol. The van der Waals surface area contributed by atoms with E-state index in [2.05, 4.69) is 9.38 Å². The van der Waals surface area contributed by atoms with Gasteiger partial charge in [-0.3, -0.25) is 9.59 Å². The summed E-state index contributed by atoms with van der Waals surface area (Å²) in [4.78, 5) is 31.6. The number of carbonyl (C=O) groups is 2. The second-order valence-corrected chi connectivity index (χ2v) is 9.14. The van der Waals surface area contributed by atoms with Crippen LogP contribution in [0, 0.1) is 5.82 Å². The van der Waals surface area contributed by atoms with E-state index in [4.69, 9.17) is 0 Å². The molecule has 1 fully saturated rings. The highest BCUT2D eigenvalue weighted by molar-refractivity contribution is 7.89. The van der Waals surface area contributed by atoms with Crippen LogP contribution in [0.25, 0.3) is 10.9 Å². The van der Waals surface area contributed by atoms with E-state index in [1.165, 1.54) is 23.2 Å². The van der Waals surface area contributed by atoms with Gasteiger partial charge in [0.25, 0.3) is 21.7 Å². The molecule has 0 spiro atoms.